The van der Waals surface area contributed by atoms with Crippen molar-refractivity contribution in [2.45, 2.75) is 31.8 Å². The van der Waals surface area contributed by atoms with Gasteiger partial charge in [0.1, 0.15) is 18.2 Å². The lowest BCUT2D eigenvalue weighted by Gasteiger charge is -2.48. The lowest BCUT2D eigenvalue weighted by molar-refractivity contribution is -0.140. The van der Waals surface area contributed by atoms with Crippen LogP contribution in [-0.4, -0.2) is 17.5 Å². The van der Waals surface area contributed by atoms with Gasteiger partial charge in [-0.15, -0.1) is 0 Å². The van der Waals surface area contributed by atoms with Gasteiger partial charge < -0.3 is 4.74 Å². The molecule has 4 atom stereocenters. The molecule has 0 saturated heterocycles. The van der Waals surface area contributed by atoms with E-state index in [0.717, 1.165) is 49.4 Å². The van der Waals surface area contributed by atoms with Crippen LogP contribution in [0.25, 0.3) is 21.5 Å². The van der Waals surface area contributed by atoms with Gasteiger partial charge in [0.25, 0.3) is 0 Å². The van der Waals surface area contributed by atoms with Crippen molar-refractivity contribution >= 4 is 39.1 Å². The van der Waals surface area contributed by atoms with E-state index in [4.69, 9.17) is 4.74 Å². The van der Waals surface area contributed by atoms with E-state index < -0.39 is 5.97 Å². The fraction of sp³-hybridized carbons (Fsp3) is 0.219. The van der Waals surface area contributed by atoms with Crippen molar-refractivity contribution in [2.75, 3.05) is 0 Å². The van der Waals surface area contributed by atoms with E-state index in [9.17, 15) is 14.4 Å². The number of fused-ring (bicyclic) bond motifs is 2. The fourth-order valence-electron chi connectivity index (χ4n) is 7.00. The van der Waals surface area contributed by atoms with E-state index in [2.05, 4.69) is 49.0 Å². The first kappa shape index (κ1) is 21.3. The number of ether oxygens (including phenoxy) is 1. The highest BCUT2D eigenvalue weighted by Gasteiger charge is 2.58. The van der Waals surface area contributed by atoms with Gasteiger partial charge in [-0.3, -0.25) is 9.59 Å². The molecule has 0 heterocycles. The average molecular weight is 473 g/mol. The fourth-order valence-corrected chi connectivity index (χ4v) is 7.00. The van der Waals surface area contributed by atoms with Crippen LogP contribution in [0.2, 0.25) is 0 Å². The third kappa shape index (κ3) is 2.78. The highest BCUT2D eigenvalue weighted by Crippen LogP contribution is 2.62. The molecule has 36 heavy (non-hydrogen) atoms. The Hall–Kier alpha value is -4.05. The van der Waals surface area contributed by atoms with E-state index >= 15 is 0 Å². The second kappa shape index (κ2) is 7.47. The summed E-state index contributed by atoms with van der Waals surface area (Å²) in [6.45, 7) is 5.46. The smallest absolute Gasteiger partial charge is 0.333 e. The summed E-state index contributed by atoms with van der Waals surface area (Å²) in [5.41, 5.74) is 5.68. The van der Waals surface area contributed by atoms with Crippen LogP contribution in [0.3, 0.4) is 0 Å². The van der Waals surface area contributed by atoms with Crippen LogP contribution in [0, 0.1) is 11.8 Å². The van der Waals surface area contributed by atoms with Crippen LogP contribution in [0.5, 0.6) is 0 Å². The lowest BCUT2D eigenvalue weighted by Crippen LogP contribution is -2.42. The van der Waals surface area contributed by atoms with Gasteiger partial charge in [-0.1, -0.05) is 61.2 Å². The Morgan fingerprint density at radius 3 is 2.14 bits per heavy atom. The molecule has 0 amide bonds. The highest BCUT2D eigenvalue weighted by atomic mass is 16.5. The van der Waals surface area contributed by atoms with Gasteiger partial charge in [-0.2, -0.15) is 0 Å². The molecule has 0 radical (unpaired) electrons. The van der Waals surface area contributed by atoms with E-state index in [1.807, 2.05) is 24.3 Å². The summed E-state index contributed by atoms with van der Waals surface area (Å²) in [4.78, 5) is 38.8. The Labute approximate surface area is 208 Å². The van der Waals surface area contributed by atoms with Crippen LogP contribution in [-0.2, 0) is 25.7 Å². The van der Waals surface area contributed by atoms with Crippen molar-refractivity contribution in [2.24, 2.45) is 11.8 Å². The molecule has 8 rings (SSSR count). The maximum absolute atomic E-state index is 13.2. The first-order valence-electron chi connectivity index (χ1n) is 12.4. The summed E-state index contributed by atoms with van der Waals surface area (Å²) in [5, 5.41) is 4.29. The largest absolute Gasteiger partial charge is 0.457 e. The van der Waals surface area contributed by atoms with Gasteiger partial charge in [0.2, 0.25) is 0 Å². The average Bonchev–Trinajstić information content (AvgIpc) is 3.19. The standard InChI is InChI=1S/C32H24O4/c1-16(2)32(35)36-15-24-22-12-18-8-4-3-7-17(18)11-19(22)13-23-27-20-9-5-6-10-21(20)29(28(23)24)31-26(34)14-25(33)30(27)31/h3-13,27,29-31H,1,14-15H2,2H3. The van der Waals surface area contributed by atoms with Gasteiger partial charge in [0.15, 0.2) is 0 Å². The Bertz CT molecular complexity index is 1680. The molecular weight excluding hydrogens is 448 g/mol. The summed E-state index contributed by atoms with van der Waals surface area (Å²) in [6, 6.07) is 23.0. The molecule has 2 bridgehead atoms. The molecule has 4 aromatic rings. The van der Waals surface area contributed by atoms with E-state index in [1.165, 1.54) is 0 Å². The first-order valence-corrected chi connectivity index (χ1v) is 12.4. The molecule has 4 aliphatic carbocycles. The molecule has 4 heteroatoms. The summed E-state index contributed by atoms with van der Waals surface area (Å²) in [7, 11) is 0. The number of hydrogen-bond acceptors (Lipinski definition) is 4. The lowest BCUT2D eigenvalue weighted by atomic mass is 9.54. The number of carbonyl (C=O) groups is 3. The minimum Gasteiger partial charge on any atom is -0.457 e. The van der Waals surface area contributed by atoms with Gasteiger partial charge in [-0.25, -0.2) is 4.79 Å². The number of esters is 1. The van der Waals surface area contributed by atoms with Crippen molar-refractivity contribution in [1.29, 1.82) is 0 Å². The van der Waals surface area contributed by atoms with Gasteiger partial charge >= 0.3 is 5.97 Å². The van der Waals surface area contributed by atoms with E-state index in [0.29, 0.717) is 5.57 Å². The molecule has 1 fully saturated rings. The second-order valence-electron chi connectivity index (χ2n) is 10.4. The van der Waals surface area contributed by atoms with Crippen LogP contribution < -0.4 is 0 Å². The Kier molecular flexibility index (Phi) is 4.41. The van der Waals surface area contributed by atoms with Crippen molar-refractivity contribution < 1.29 is 19.1 Å². The Morgan fingerprint density at radius 2 is 1.44 bits per heavy atom. The summed E-state index contributed by atoms with van der Waals surface area (Å²) in [6.07, 6.45) is 0.00763. The van der Waals surface area contributed by atoms with Gasteiger partial charge in [-0.05, 0) is 62.9 Å². The maximum Gasteiger partial charge on any atom is 0.333 e. The third-order valence-corrected chi connectivity index (χ3v) is 8.40. The zero-order valence-electron chi connectivity index (χ0n) is 19.9. The van der Waals surface area contributed by atoms with Crippen molar-refractivity contribution in [3.8, 4) is 0 Å². The van der Waals surface area contributed by atoms with Gasteiger partial charge in [0.05, 0.1) is 6.42 Å². The first-order chi connectivity index (χ1) is 17.4. The van der Waals surface area contributed by atoms with Crippen molar-refractivity contribution in [3.05, 3.63) is 107 Å². The summed E-state index contributed by atoms with van der Waals surface area (Å²) in [5.74, 6) is -1.44. The summed E-state index contributed by atoms with van der Waals surface area (Å²) >= 11 is 0. The molecule has 4 aromatic carbocycles. The van der Waals surface area contributed by atoms with E-state index in [1.54, 1.807) is 6.92 Å². The Morgan fingerprint density at radius 1 is 0.833 bits per heavy atom. The van der Waals surface area contributed by atoms with Gasteiger partial charge in [0, 0.05) is 34.8 Å². The van der Waals surface area contributed by atoms with Crippen LogP contribution in [0.15, 0.2) is 78.9 Å². The van der Waals surface area contributed by atoms with E-state index in [-0.39, 0.29) is 48.3 Å². The molecule has 0 N–H and O–H groups in total. The van der Waals surface area contributed by atoms with Crippen molar-refractivity contribution in [3.63, 3.8) is 0 Å². The molecule has 1 saturated carbocycles. The minimum absolute atomic E-state index is 0.00763. The maximum atomic E-state index is 13.2. The Balaban J connectivity index is 1.56. The number of ketones is 2. The monoisotopic (exact) mass is 472 g/mol. The molecular formula is C32H24O4. The number of carbonyl (C=O) groups excluding carboxylic acids is 3. The third-order valence-electron chi connectivity index (χ3n) is 8.40. The molecule has 4 nitrogen and oxygen atoms in total. The zero-order chi connectivity index (χ0) is 24.7. The molecule has 0 aromatic heterocycles. The van der Waals surface area contributed by atoms with Crippen molar-refractivity contribution in [1.82, 2.24) is 0 Å². The quantitative estimate of drug-likeness (QED) is 0.159. The predicted molar refractivity (Wildman–Crippen MR) is 138 cm³/mol. The molecule has 0 spiro atoms. The summed E-state index contributed by atoms with van der Waals surface area (Å²) < 4.78 is 5.74. The minimum atomic E-state index is -0.437. The molecule has 4 unspecified atom stereocenters. The number of benzene rings is 4. The molecule has 4 aliphatic rings. The second-order valence-corrected chi connectivity index (χ2v) is 10.4. The topological polar surface area (TPSA) is 60.4 Å². The molecule has 176 valence electrons. The van der Waals surface area contributed by atoms with Crippen LogP contribution in [0.4, 0.5) is 0 Å². The normalized spacial score (nSPS) is 23.5. The molecule has 0 aliphatic heterocycles. The predicted octanol–water partition coefficient (Wildman–Crippen LogP) is 5.98. The van der Waals surface area contributed by atoms with Crippen LogP contribution in [0.1, 0.15) is 53.0 Å². The number of hydrogen-bond donors (Lipinski definition) is 0. The highest BCUT2D eigenvalue weighted by molar-refractivity contribution is 6.11. The number of rotatable bonds is 3. The van der Waals surface area contributed by atoms with Crippen LogP contribution >= 0.6 is 0 Å². The zero-order valence-corrected chi connectivity index (χ0v) is 19.9. The SMILES string of the molecule is C=C(C)C(=O)OCc1c2c(cc3cc4ccccc4cc13)C1c3ccccc3C2C2C(=O)CC(=O)C12. The number of Topliss-reactive ketones (excluding diaryl/α,β-unsaturated/α-hetero) is 2.